The van der Waals surface area contributed by atoms with Gasteiger partial charge in [-0.15, -0.1) is 0 Å². The Morgan fingerprint density at radius 3 is 2.56 bits per heavy atom. The van der Waals surface area contributed by atoms with Crippen LogP contribution in [0.4, 0.5) is 35.0 Å². The summed E-state index contributed by atoms with van der Waals surface area (Å²) in [6, 6.07) is 1.11. The van der Waals surface area contributed by atoms with Crippen molar-refractivity contribution in [1.29, 1.82) is 0 Å². The third-order valence-electron chi connectivity index (χ3n) is 5.59. The van der Waals surface area contributed by atoms with Gasteiger partial charge in [0.1, 0.15) is 17.5 Å². The highest BCUT2D eigenvalue weighted by Gasteiger charge is 2.30. The second-order valence-electron chi connectivity index (χ2n) is 8.56. The van der Waals surface area contributed by atoms with Gasteiger partial charge in [-0.2, -0.15) is 10.1 Å². The van der Waals surface area contributed by atoms with Gasteiger partial charge in [0.05, 0.1) is 37.8 Å². The fourth-order valence-electron chi connectivity index (χ4n) is 3.67. The second-order valence-corrected chi connectivity index (χ2v) is 8.56. The molecule has 1 fully saturated rings. The number of nitrogens with zero attached hydrogens (tertiary/aromatic N) is 5. The zero-order valence-corrected chi connectivity index (χ0v) is 18.8. The quantitative estimate of drug-likeness (QED) is 0.477. The maximum atomic E-state index is 14.1. The lowest BCUT2D eigenvalue weighted by Gasteiger charge is -2.42. The van der Waals surface area contributed by atoms with E-state index in [-0.39, 0.29) is 17.3 Å². The van der Waals surface area contributed by atoms with Crippen LogP contribution in [0.15, 0.2) is 30.7 Å². The van der Waals surface area contributed by atoms with Crippen molar-refractivity contribution in [1.82, 2.24) is 24.6 Å². The van der Waals surface area contributed by atoms with E-state index in [2.05, 4.69) is 44.4 Å². The Labute approximate surface area is 194 Å². The number of nitrogens with one attached hydrogen (secondary N) is 2. The predicted molar refractivity (Wildman–Crippen MR) is 118 cm³/mol. The first-order valence-electron chi connectivity index (χ1n) is 10.7. The van der Waals surface area contributed by atoms with Crippen LogP contribution in [-0.2, 0) is 17.8 Å². The van der Waals surface area contributed by atoms with Gasteiger partial charge >= 0.3 is 0 Å². The normalized spacial score (nSPS) is 15.9. The van der Waals surface area contributed by atoms with E-state index in [0.717, 1.165) is 19.3 Å². The van der Waals surface area contributed by atoms with Crippen molar-refractivity contribution in [2.75, 3.05) is 36.9 Å². The molecule has 0 amide bonds. The highest BCUT2D eigenvalue weighted by molar-refractivity contribution is 5.52. The summed E-state index contributed by atoms with van der Waals surface area (Å²) in [4.78, 5) is 10.3. The number of rotatable bonds is 8. The zero-order valence-electron chi connectivity index (χ0n) is 18.8. The Hall–Kier alpha value is -3.25. The number of hydrogen-bond donors (Lipinski definition) is 2. The largest absolute Gasteiger partial charge is 0.378 e. The molecule has 182 valence electrons. The summed E-state index contributed by atoms with van der Waals surface area (Å²) in [6.07, 6.45) is 4.30. The summed E-state index contributed by atoms with van der Waals surface area (Å²) in [6.45, 7) is 7.54. The predicted octanol–water partition coefficient (Wildman–Crippen LogP) is 3.70. The van der Waals surface area contributed by atoms with Gasteiger partial charge < -0.3 is 15.4 Å². The molecule has 0 unspecified atom stereocenters. The number of halogens is 4. The third-order valence-corrected chi connectivity index (χ3v) is 5.59. The molecular weight excluding hydrogens is 454 g/mol. The Morgan fingerprint density at radius 1 is 1.06 bits per heavy atom. The number of hydrogen-bond acceptors (Lipinski definition) is 7. The summed E-state index contributed by atoms with van der Waals surface area (Å²) in [5.41, 5.74) is 0.116. The topological polar surface area (TPSA) is 80.1 Å². The number of benzene rings is 1. The SMILES string of the molecule is CC1(C)COCCN1CCn1cc(Nc2ncc(F)c(NCc3c(F)cc(F)cc3F)n2)cn1. The lowest BCUT2D eigenvalue weighted by Crippen LogP contribution is -2.53. The minimum absolute atomic E-state index is 0.0441. The van der Waals surface area contributed by atoms with Crippen molar-refractivity contribution in [3.8, 4) is 0 Å². The third kappa shape index (κ3) is 5.62. The molecule has 0 radical (unpaired) electrons. The molecule has 1 saturated heterocycles. The molecule has 2 N–H and O–H groups in total. The second kappa shape index (κ2) is 9.94. The van der Waals surface area contributed by atoms with E-state index >= 15 is 0 Å². The van der Waals surface area contributed by atoms with E-state index in [0.29, 0.717) is 37.6 Å². The summed E-state index contributed by atoms with van der Waals surface area (Å²) < 4.78 is 62.2. The Kier molecular flexibility index (Phi) is 6.98. The summed E-state index contributed by atoms with van der Waals surface area (Å²) >= 11 is 0. The molecule has 3 aromatic rings. The lowest BCUT2D eigenvalue weighted by atomic mass is 10.0. The van der Waals surface area contributed by atoms with Crippen LogP contribution >= 0.6 is 0 Å². The van der Waals surface area contributed by atoms with Crippen molar-refractivity contribution in [2.24, 2.45) is 0 Å². The molecule has 0 atom stereocenters. The van der Waals surface area contributed by atoms with Crippen molar-refractivity contribution >= 4 is 17.5 Å². The highest BCUT2D eigenvalue weighted by atomic mass is 19.1. The zero-order chi connectivity index (χ0) is 24.3. The van der Waals surface area contributed by atoms with E-state index in [1.54, 1.807) is 17.1 Å². The van der Waals surface area contributed by atoms with Crippen molar-refractivity contribution in [3.05, 3.63) is 59.6 Å². The molecule has 1 aliphatic rings. The minimum atomic E-state index is -1.08. The summed E-state index contributed by atoms with van der Waals surface area (Å²) in [7, 11) is 0. The first kappa shape index (κ1) is 23.9. The lowest BCUT2D eigenvalue weighted by molar-refractivity contribution is -0.0523. The average molecular weight is 479 g/mol. The first-order valence-corrected chi connectivity index (χ1v) is 10.7. The molecule has 0 bridgehead atoms. The van der Waals surface area contributed by atoms with Crippen LogP contribution in [0.1, 0.15) is 19.4 Å². The smallest absolute Gasteiger partial charge is 0.229 e. The van der Waals surface area contributed by atoms with Crippen LogP contribution in [0.5, 0.6) is 0 Å². The summed E-state index contributed by atoms with van der Waals surface area (Å²) in [5.74, 6) is -4.19. The number of aromatic nitrogens is 4. The van der Waals surface area contributed by atoms with Gasteiger partial charge in [0.2, 0.25) is 5.95 Å². The monoisotopic (exact) mass is 479 g/mol. The molecule has 4 rings (SSSR count). The van der Waals surface area contributed by atoms with Crippen molar-refractivity contribution < 1.29 is 22.3 Å². The van der Waals surface area contributed by atoms with E-state index in [9.17, 15) is 17.6 Å². The standard InChI is InChI=1S/C22H25F4N7O/c1-22(2)13-34-6-5-32(22)3-4-33-12-15(9-29-33)30-21-28-11-19(26)20(31-21)27-10-16-17(24)7-14(23)8-18(16)25/h7-9,11-12H,3-6,10,13H2,1-2H3,(H2,27,28,30,31). The van der Waals surface area contributed by atoms with Gasteiger partial charge in [-0.3, -0.25) is 9.58 Å². The number of anilines is 3. The molecule has 3 heterocycles. The van der Waals surface area contributed by atoms with E-state index in [1.807, 2.05) is 0 Å². The van der Waals surface area contributed by atoms with Gasteiger partial charge in [0.25, 0.3) is 0 Å². The first-order chi connectivity index (χ1) is 16.2. The Bertz CT molecular complexity index is 1130. The molecule has 0 spiro atoms. The van der Waals surface area contributed by atoms with Gasteiger partial charge in [-0.1, -0.05) is 0 Å². The van der Waals surface area contributed by atoms with E-state index in [1.165, 1.54) is 0 Å². The molecule has 12 heteroatoms. The highest BCUT2D eigenvalue weighted by Crippen LogP contribution is 2.21. The van der Waals surface area contributed by atoms with Gasteiger partial charge in [0, 0.05) is 49.1 Å². The van der Waals surface area contributed by atoms with Gasteiger partial charge in [-0.25, -0.2) is 22.5 Å². The fraction of sp³-hybridized carbons (Fsp3) is 0.409. The van der Waals surface area contributed by atoms with Crippen molar-refractivity contribution in [2.45, 2.75) is 32.5 Å². The molecule has 2 aromatic heterocycles. The Morgan fingerprint density at radius 2 is 1.82 bits per heavy atom. The van der Waals surface area contributed by atoms with Crippen LogP contribution < -0.4 is 10.6 Å². The average Bonchev–Trinajstić information content (AvgIpc) is 3.21. The molecule has 1 aliphatic heterocycles. The van der Waals surface area contributed by atoms with Crippen LogP contribution in [0.25, 0.3) is 0 Å². The Balaban J connectivity index is 1.38. The summed E-state index contributed by atoms with van der Waals surface area (Å²) in [5, 5.41) is 9.78. The van der Waals surface area contributed by atoms with Crippen LogP contribution in [0.2, 0.25) is 0 Å². The van der Waals surface area contributed by atoms with Crippen LogP contribution in [-0.4, -0.2) is 56.5 Å². The van der Waals surface area contributed by atoms with Gasteiger partial charge in [0.15, 0.2) is 11.6 Å². The molecule has 0 aliphatic carbocycles. The van der Waals surface area contributed by atoms with Crippen molar-refractivity contribution in [3.63, 3.8) is 0 Å². The fourth-order valence-corrected chi connectivity index (χ4v) is 3.67. The molecule has 0 saturated carbocycles. The van der Waals surface area contributed by atoms with Crippen LogP contribution in [0.3, 0.4) is 0 Å². The number of ether oxygens (including phenoxy) is 1. The molecular formula is C22H25F4N7O. The molecule has 1 aromatic carbocycles. The molecule has 8 nitrogen and oxygen atoms in total. The van der Waals surface area contributed by atoms with Gasteiger partial charge in [-0.05, 0) is 13.8 Å². The van der Waals surface area contributed by atoms with E-state index < -0.39 is 35.4 Å². The minimum Gasteiger partial charge on any atom is -0.378 e. The number of morpholine rings is 1. The van der Waals surface area contributed by atoms with E-state index in [4.69, 9.17) is 4.74 Å². The maximum absolute atomic E-state index is 14.1. The van der Waals surface area contributed by atoms with Crippen LogP contribution in [0, 0.1) is 23.3 Å². The maximum Gasteiger partial charge on any atom is 0.229 e. The molecule has 34 heavy (non-hydrogen) atoms.